The van der Waals surface area contributed by atoms with Gasteiger partial charge in [-0.3, -0.25) is 0 Å². The van der Waals surface area contributed by atoms with E-state index in [1.54, 1.807) is 6.07 Å². The molecule has 0 heterocycles. The van der Waals surface area contributed by atoms with Crippen molar-refractivity contribution in [2.45, 2.75) is 32.1 Å². The van der Waals surface area contributed by atoms with Gasteiger partial charge in [0.1, 0.15) is 5.82 Å². The minimum Gasteiger partial charge on any atom is -0.319 e. The largest absolute Gasteiger partial charge is 0.319 e. The molecule has 0 aliphatic heterocycles. The van der Waals surface area contributed by atoms with Gasteiger partial charge in [0.25, 0.3) is 0 Å². The molecule has 1 N–H and O–H groups in total. The average Bonchev–Trinajstić information content (AvgIpc) is 2.71. The molecular weight excluding hydrogens is 201 g/mol. The Morgan fingerprint density at radius 2 is 2.19 bits per heavy atom. The van der Waals surface area contributed by atoms with Crippen LogP contribution < -0.4 is 5.32 Å². The van der Waals surface area contributed by atoms with Gasteiger partial charge in [0.05, 0.1) is 0 Å². The molecule has 0 saturated heterocycles. The Labute approximate surface area is 97.1 Å². The Hall–Kier alpha value is -0.890. The first kappa shape index (κ1) is 11.6. The number of nitrogens with one attached hydrogen (secondary N) is 1. The predicted octanol–water partition coefficient (Wildman–Crippen LogP) is 3.24. The second-order valence-corrected chi connectivity index (χ2v) is 4.86. The van der Waals surface area contributed by atoms with Crippen molar-refractivity contribution in [3.05, 3.63) is 35.1 Å². The Kier molecular flexibility index (Phi) is 3.59. The summed E-state index contributed by atoms with van der Waals surface area (Å²) >= 11 is 0. The molecule has 1 aliphatic rings. The average molecular weight is 221 g/mol. The fourth-order valence-electron chi connectivity index (χ4n) is 2.88. The molecule has 1 aromatic rings. The predicted molar refractivity (Wildman–Crippen MR) is 65.1 cm³/mol. The molecule has 1 nitrogen and oxygen atoms in total. The van der Waals surface area contributed by atoms with Crippen LogP contribution in [0.5, 0.6) is 0 Å². The van der Waals surface area contributed by atoms with Gasteiger partial charge in [-0.1, -0.05) is 18.6 Å². The molecule has 0 aromatic heterocycles. The first-order valence-electron chi connectivity index (χ1n) is 6.13. The van der Waals surface area contributed by atoms with E-state index < -0.39 is 0 Å². The van der Waals surface area contributed by atoms with Crippen LogP contribution in [-0.2, 0) is 0 Å². The van der Waals surface area contributed by atoms with Crippen molar-refractivity contribution in [1.82, 2.24) is 5.32 Å². The lowest BCUT2D eigenvalue weighted by atomic mass is 9.88. The van der Waals surface area contributed by atoms with E-state index in [9.17, 15) is 4.39 Å². The molecule has 0 spiro atoms. The molecule has 0 bridgehead atoms. The summed E-state index contributed by atoms with van der Waals surface area (Å²) in [6.45, 7) is 2.92. The maximum atomic E-state index is 13.2. The summed E-state index contributed by atoms with van der Waals surface area (Å²) in [6, 6.07) is 5.59. The van der Waals surface area contributed by atoms with Gasteiger partial charge in [-0.05, 0) is 62.4 Å². The van der Waals surface area contributed by atoms with Crippen LogP contribution in [0.1, 0.15) is 36.3 Å². The van der Waals surface area contributed by atoms with Crippen LogP contribution >= 0.6 is 0 Å². The maximum absolute atomic E-state index is 13.2. The lowest BCUT2D eigenvalue weighted by Gasteiger charge is -2.20. The normalized spacial score (nSPS) is 24.9. The molecule has 0 radical (unpaired) electrons. The Morgan fingerprint density at radius 1 is 1.38 bits per heavy atom. The highest BCUT2D eigenvalue weighted by Gasteiger charge is 2.28. The molecule has 2 rings (SSSR count). The van der Waals surface area contributed by atoms with Gasteiger partial charge in [-0.15, -0.1) is 0 Å². The Bertz CT molecular complexity index is 362. The molecule has 1 fully saturated rings. The van der Waals surface area contributed by atoms with Crippen LogP contribution in [-0.4, -0.2) is 13.6 Å². The first-order chi connectivity index (χ1) is 7.72. The van der Waals surface area contributed by atoms with E-state index in [-0.39, 0.29) is 5.82 Å². The van der Waals surface area contributed by atoms with E-state index in [0.717, 1.165) is 18.0 Å². The summed E-state index contributed by atoms with van der Waals surface area (Å²) < 4.78 is 13.2. The SMILES string of the molecule is CNCC1CCCC1c1ccc(F)c(C)c1. The van der Waals surface area contributed by atoms with Crippen molar-refractivity contribution in [2.75, 3.05) is 13.6 Å². The summed E-state index contributed by atoms with van der Waals surface area (Å²) in [5, 5.41) is 3.26. The van der Waals surface area contributed by atoms with E-state index in [1.165, 1.54) is 24.8 Å². The summed E-state index contributed by atoms with van der Waals surface area (Å²) in [4.78, 5) is 0. The van der Waals surface area contributed by atoms with Crippen LogP contribution in [0, 0.1) is 18.7 Å². The maximum Gasteiger partial charge on any atom is 0.126 e. The summed E-state index contributed by atoms with van der Waals surface area (Å²) in [7, 11) is 2.01. The third-order valence-corrected chi connectivity index (χ3v) is 3.74. The van der Waals surface area contributed by atoms with Gasteiger partial charge in [0, 0.05) is 0 Å². The molecule has 2 unspecified atom stereocenters. The molecule has 1 saturated carbocycles. The molecule has 1 aromatic carbocycles. The topological polar surface area (TPSA) is 12.0 Å². The van der Waals surface area contributed by atoms with E-state index in [4.69, 9.17) is 0 Å². The molecule has 16 heavy (non-hydrogen) atoms. The van der Waals surface area contributed by atoms with Crippen molar-refractivity contribution in [3.63, 3.8) is 0 Å². The quantitative estimate of drug-likeness (QED) is 0.826. The standard InChI is InChI=1S/C14H20FN/c1-10-8-11(6-7-14(10)15)13-5-3-4-12(13)9-16-2/h6-8,12-13,16H,3-5,9H2,1-2H3. The van der Waals surface area contributed by atoms with Gasteiger partial charge in [-0.25, -0.2) is 4.39 Å². The van der Waals surface area contributed by atoms with E-state index in [2.05, 4.69) is 5.32 Å². The van der Waals surface area contributed by atoms with Crippen LogP contribution in [0.2, 0.25) is 0 Å². The number of aryl methyl sites for hydroxylation is 1. The van der Waals surface area contributed by atoms with Crippen LogP contribution in [0.25, 0.3) is 0 Å². The fourth-order valence-corrected chi connectivity index (χ4v) is 2.88. The van der Waals surface area contributed by atoms with E-state index in [0.29, 0.717) is 5.92 Å². The zero-order valence-electron chi connectivity index (χ0n) is 10.1. The minimum atomic E-state index is -0.0908. The third-order valence-electron chi connectivity index (χ3n) is 3.74. The highest BCUT2D eigenvalue weighted by Crippen LogP contribution is 2.39. The smallest absolute Gasteiger partial charge is 0.126 e. The van der Waals surface area contributed by atoms with Crippen LogP contribution in [0.4, 0.5) is 4.39 Å². The highest BCUT2D eigenvalue weighted by molar-refractivity contribution is 5.28. The molecule has 88 valence electrons. The second kappa shape index (κ2) is 4.96. The zero-order valence-corrected chi connectivity index (χ0v) is 10.1. The van der Waals surface area contributed by atoms with Gasteiger partial charge in [-0.2, -0.15) is 0 Å². The van der Waals surface area contributed by atoms with Gasteiger partial charge in [0.2, 0.25) is 0 Å². The third kappa shape index (κ3) is 2.27. The van der Waals surface area contributed by atoms with E-state index in [1.807, 2.05) is 26.1 Å². The van der Waals surface area contributed by atoms with Gasteiger partial charge in [0.15, 0.2) is 0 Å². The summed E-state index contributed by atoms with van der Waals surface area (Å²) in [5.41, 5.74) is 2.09. The lowest BCUT2D eigenvalue weighted by Crippen LogP contribution is -2.21. The monoisotopic (exact) mass is 221 g/mol. The molecule has 0 amide bonds. The van der Waals surface area contributed by atoms with Crippen molar-refractivity contribution in [1.29, 1.82) is 0 Å². The summed E-state index contributed by atoms with van der Waals surface area (Å²) in [5.74, 6) is 1.24. The number of rotatable bonds is 3. The Morgan fingerprint density at radius 3 is 2.88 bits per heavy atom. The second-order valence-electron chi connectivity index (χ2n) is 4.86. The first-order valence-corrected chi connectivity index (χ1v) is 6.13. The minimum absolute atomic E-state index is 0.0908. The fraction of sp³-hybridized carbons (Fsp3) is 0.571. The van der Waals surface area contributed by atoms with Gasteiger partial charge < -0.3 is 5.32 Å². The van der Waals surface area contributed by atoms with E-state index >= 15 is 0 Å². The van der Waals surface area contributed by atoms with Crippen molar-refractivity contribution in [3.8, 4) is 0 Å². The number of benzene rings is 1. The summed E-state index contributed by atoms with van der Waals surface area (Å²) in [6.07, 6.45) is 3.84. The number of halogens is 1. The molecule has 1 aliphatic carbocycles. The zero-order chi connectivity index (χ0) is 11.5. The number of hydrogen-bond donors (Lipinski definition) is 1. The van der Waals surface area contributed by atoms with Crippen molar-refractivity contribution in [2.24, 2.45) is 5.92 Å². The van der Waals surface area contributed by atoms with Gasteiger partial charge >= 0.3 is 0 Å². The Balaban J connectivity index is 2.19. The lowest BCUT2D eigenvalue weighted by molar-refractivity contribution is 0.462. The van der Waals surface area contributed by atoms with Crippen LogP contribution in [0.15, 0.2) is 18.2 Å². The van der Waals surface area contributed by atoms with Crippen LogP contribution in [0.3, 0.4) is 0 Å². The number of hydrogen-bond acceptors (Lipinski definition) is 1. The molecule has 2 heteroatoms. The highest BCUT2D eigenvalue weighted by atomic mass is 19.1. The molecular formula is C14H20FN. The molecule has 2 atom stereocenters. The van der Waals surface area contributed by atoms with Crippen molar-refractivity contribution < 1.29 is 4.39 Å². The van der Waals surface area contributed by atoms with Crippen molar-refractivity contribution >= 4 is 0 Å².